The molecule has 20 heavy (non-hydrogen) atoms. The molecule has 3 nitrogen and oxygen atoms in total. The Hall–Kier alpha value is -2.29. The minimum absolute atomic E-state index is 0.201. The van der Waals surface area contributed by atoms with Crippen LogP contribution in [-0.4, -0.2) is 18.2 Å². The molecule has 2 aromatic carbocycles. The normalized spacial score (nSPS) is 10.2. The first-order chi connectivity index (χ1) is 9.70. The molecule has 0 spiro atoms. The third-order valence-electron chi connectivity index (χ3n) is 3.20. The highest BCUT2D eigenvalue weighted by molar-refractivity contribution is 5.71. The van der Waals surface area contributed by atoms with Crippen LogP contribution >= 0.6 is 0 Å². The highest BCUT2D eigenvalue weighted by Crippen LogP contribution is 2.31. The summed E-state index contributed by atoms with van der Waals surface area (Å²) in [5.41, 5.74) is 3.27. The number of rotatable bonds is 6. The van der Waals surface area contributed by atoms with Crippen LogP contribution in [0.15, 0.2) is 48.5 Å². The summed E-state index contributed by atoms with van der Waals surface area (Å²) in [5, 5.41) is 8.69. The van der Waals surface area contributed by atoms with Gasteiger partial charge in [-0.15, -0.1) is 0 Å². The van der Waals surface area contributed by atoms with Crippen molar-refractivity contribution < 1.29 is 14.6 Å². The van der Waals surface area contributed by atoms with Gasteiger partial charge in [0.15, 0.2) is 0 Å². The zero-order valence-corrected chi connectivity index (χ0v) is 11.5. The fourth-order valence-corrected chi connectivity index (χ4v) is 2.20. The van der Waals surface area contributed by atoms with Gasteiger partial charge in [-0.25, -0.2) is 0 Å². The van der Waals surface area contributed by atoms with Crippen molar-refractivity contribution in [3.8, 4) is 16.9 Å². The summed E-state index contributed by atoms with van der Waals surface area (Å²) in [5.74, 6) is 0.0833. The summed E-state index contributed by atoms with van der Waals surface area (Å²) >= 11 is 0. The van der Waals surface area contributed by atoms with Crippen molar-refractivity contribution in [1.82, 2.24) is 0 Å². The lowest BCUT2D eigenvalue weighted by molar-refractivity contribution is -0.137. The van der Waals surface area contributed by atoms with Gasteiger partial charge in [-0.3, -0.25) is 4.79 Å². The van der Waals surface area contributed by atoms with Crippen LogP contribution in [0.25, 0.3) is 11.1 Å². The molecule has 0 aliphatic rings. The van der Waals surface area contributed by atoms with Gasteiger partial charge in [0.1, 0.15) is 5.75 Å². The molecule has 0 heterocycles. The third-order valence-corrected chi connectivity index (χ3v) is 3.20. The summed E-state index contributed by atoms with van der Waals surface area (Å²) in [6, 6.07) is 16.1. The van der Waals surface area contributed by atoms with Crippen LogP contribution in [0.4, 0.5) is 0 Å². The van der Waals surface area contributed by atoms with E-state index in [9.17, 15) is 4.79 Å². The number of methoxy groups -OCH3 is 1. The average molecular weight is 270 g/mol. The van der Waals surface area contributed by atoms with E-state index in [4.69, 9.17) is 9.84 Å². The van der Waals surface area contributed by atoms with E-state index in [1.165, 1.54) is 0 Å². The molecule has 2 rings (SSSR count). The summed E-state index contributed by atoms with van der Waals surface area (Å²) in [6.07, 6.45) is 1.61. The molecule has 0 unspecified atom stereocenters. The Morgan fingerprint density at radius 1 is 1.15 bits per heavy atom. The number of hydrogen-bond donors (Lipinski definition) is 1. The Labute approximate surface area is 118 Å². The van der Waals surface area contributed by atoms with E-state index < -0.39 is 5.97 Å². The lowest BCUT2D eigenvalue weighted by Gasteiger charge is -2.11. The number of hydrogen-bond acceptors (Lipinski definition) is 2. The van der Waals surface area contributed by atoms with Crippen molar-refractivity contribution in [1.29, 1.82) is 0 Å². The molecule has 0 aliphatic heterocycles. The van der Waals surface area contributed by atoms with Crippen LogP contribution in [0, 0.1) is 0 Å². The minimum Gasteiger partial charge on any atom is -0.496 e. The molecule has 0 fully saturated rings. The first kappa shape index (κ1) is 14.1. The number of aliphatic carboxylic acids is 1. The molecule has 104 valence electrons. The molecule has 1 N–H and O–H groups in total. The predicted octanol–water partition coefficient (Wildman–Crippen LogP) is 3.77. The van der Waals surface area contributed by atoms with E-state index in [1.54, 1.807) is 7.11 Å². The highest BCUT2D eigenvalue weighted by Gasteiger charge is 2.07. The summed E-state index contributed by atoms with van der Waals surface area (Å²) in [6.45, 7) is 0. The van der Waals surface area contributed by atoms with Crippen LogP contribution in [0.3, 0.4) is 0 Å². The number of carboxylic acids is 1. The second kappa shape index (κ2) is 6.75. The van der Waals surface area contributed by atoms with Gasteiger partial charge in [0.2, 0.25) is 0 Å². The lowest BCUT2D eigenvalue weighted by atomic mass is 9.99. The van der Waals surface area contributed by atoms with Gasteiger partial charge in [-0.1, -0.05) is 36.4 Å². The van der Waals surface area contributed by atoms with Gasteiger partial charge < -0.3 is 9.84 Å². The Morgan fingerprint density at radius 3 is 2.55 bits per heavy atom. The van der Waals surface area contributed by atoms with Gasteiger partial charge in [0, 0.05) is 12.0 Å². The molecule has 0 aliphatic carbocycles. The molecule has 0 saturated heterocycles. The van der Waals surface area contributed by atoms with Crippen molar-refractivity contribution in [2.24, 2.45) is 0 Å². The van der Waals surface area contributed by atoms with Gasteiger partial charge >= 0.3 is 5.97 Å². The monoisotopic (exact) mass is 270 g/mol. The first-order valence-corrected chi connectivity index (χ1v) is 6.65. The smallest absolute Gasteiger partial charge is 0.303 e. The molecule has 0 amide bonds. The lowest BCUT2D eigenvalue weighted by Crippen LogP contribution is -1.96. The topological polar surface area (TPSA) is 46.5 Å². The third kappa shape index (κ3) is 3.60. The minimum atomic E-state index is -0.748. The van der Waals surface area contributed by atoms with Crippen molar-refractivity contribution in [2.45, 2.75) is 19.3 Å². The molecule has 0 radical (unpaired) electrons. The van der Waals surface area contributed by atoms with Gasteiger partial charge in [0.05, 0.1) is 7.11 Å². The summed E-state index contributed by atoms with van der Waals surface area (Å²) in [4.78, 5) is 10.6. The van der Waals surface area contributed by atoms with Gasteiger partial charge in [0.25, 0.3) is 0 Å². The second-order valence-electron chi connectivity index (χ2n) is 4.65. The number of aryl methyl sites for hydroxylation is 1. The Morgan fingerprint density at radius 2 is 1.90 bits per heavy atom. The molecule has 0 saturated carbocycles. The Bertz CT molecular complexity index is 576. The maximum atomic E-state index is 10.6. The zero-order chi connectivity index (χ0) is 14.4. The largest absolute Gasteiger partial charge is 0.496 e. The number of carbonyl (C=O) groups is 1. The van der Waals surface area contributed by atoms with E-state index >= 15 is 0 Å². The first-order valence-electron chi connectivity index (χ1n) is 6.65. The summed E-state index contributed by atoms with van der Waals surface area (Å²) in [7, 11) is 1.66. The van der Waals surface area contributed by atoms with Crippen LogP contribution in [0.1, 0.15) is 18.4 Å². The van der Waals surface area contributed by atoms with E-state index in [0.717, 1.165) is 28.9 Å². The number of ether oxygens (including phenoxy) is 1. The predicted molar refractivity (Wildman–Crippen MR) is 79.0 cm³/mol. The molecular formula is C17H18O3. The fourth-order valence-electron chi connectivity index (χ4n) is 2.20. The van der Waals surface area contributed by atoms with Crippen LogP contribution < -0.4 is 4.74 Å². The van der Waals surface area contributed by atoms with Crippen molar-refractivity contribution >= 4 is 5.97 Å². The average Bonchev–Trinajstić information content (AvgIpc) is 2.47. The second-order valence-corrected chi connectivity index (χ2v) is 4.65. The van der Waals surface area contributed by atoms with E-state index in [-0.39, 0.29) is 6.42 Å². The van der Waals surface area contributed by atoms with E-state index in [2.05, 4.69) is 6.07 Å². The SMILES string of the molecule is COc1ccc(CCCC(=O)O)cc1-c1ccccc1. The molecule has 0 bridgehead atoms. The van der Waals surface area contributed by atoms with Gasteiger partial charge in [-0.2, -0.15) is 0 Å². The van der Waals surface area contributed by atoms with Crippen molar-refractivity contribution in [3.05, 3.63) is 54.1 Å². The zero-order valence-electron chi connectivity index (χ0n) is 11.5. The molecule has 3 heteroatoms. The maximum Gasteiger partial charge on any atom is 0.303 e. The number of benzene rings is 2. The van der Waals surface area contributed by atoms with Crippen molar-refractivity contribution in [2.75, 3.05) is 7.11 Å². The number of carboxylic acid groups (broad SMARTS) is 1. The molecule has 2 aromatic rings. The Balaban J connectivity index is 2.23. The van der Waals surface area contributed by atoms with Crippen LogP contribution in [0.2, 0.25) is 0 Å². The fraction of sp³-hybridized carbons (Fsp3) is 0.235. The van der Waals surface area contributed by atoms with Crippen molar-refractivity contribution in [3.63, 3.8) is 0 Å². The van der Waals surface area contributed by atoms with Crippen LogP contribution in [0.5, 0.6) is 5.75 Å². The van der Waals surface area contributed by atoms with Gasteiger partial charge in [-0.05, 0) is 36.1 Å². The molecular weight excluding hydrogens is 252 g/mol. The van der Waals surface area contributed by atoms with Crippen LogP contribution in [-0.2, 0) is 11.2 Å². The summed E-state index contributed by atoms with van der Waals surface area (Å²) < 4.78 is 5.40. The maximum absolute atomic E-state index is 10.6. The Kier molecular flexibility index (Phi) is 4.77. The van der Waals surface area contributed by atoms with E-state index in [0.29, 0.717) is 6.42 Å². The molecule has 0 atom stereocenters. The highest BCUT2D eigenvalue weighted by atomic mass is 16.5. The van der Waals surface area contributed by atoms with E-state index in [1.807, 2.05) is 42.5 Å². The quantitative estimate of drug-likeness (QED) is 0.869. The standard InChI is InChI=1S/C17H18O3/c1-20-16-11-10-13(6-5-9-17(18)19)12-15(16)14-7-3-2-4-8-14/h2-4,7-8,10-12H,5-6,9H2,1H3,(H,18,19). The molecule has 0 aromatic heterocycles.